The van der Waals surface area contributed by atoms with Gasteiger partial charge in [0.25, 0.3) is 5.91 Å². The predicted octanol–water partition coefficient (Wildman–Crippen LogP) is 5.23. The number of fused-ring (bicyclic) bond motifs is 1. The quantitative estimate of drug-likeness (QED) is 0.239. The largest absolute Gasteiger partial charge is 0.399 e. The molecule has 3 aromatic carbocycles. The van der Waals surface area contributed by atoms with Gasteiger partial charge in [0.1, 0.15) is 7.05 Å². The minimum Gasteiger partial charge on any atom is -0.399 e. The molecule has 35 heavy (non-hydrogen) atoms. The fraction of sp³-hybridized carbons (Fsp3) is 0.0690. The minimum absolute atomic E-state index is 0.136. The molecular weight excluding hydrogens is 434 g/mol. The minimum atomic E-state index is -0.136. The topological polar surface area (TPSA) is 83.9 Å². The smallest absolute Gasteiger partial charge is 0.255 e. The SMILES string of the molecule is C[n+]1ccc(Cc2cccc(C(=O)Nc3ccc(Nc4ccnc5ccc(N)cc45)cc3)c2)cc1. The summed E-state index contributed by atoms with van der Waals surface area (Å²) in [6.07, 6.45) is 6.59. The van der Waals surface area contributed by atoms with Gasteiger partial charge in [-0.1, -0.05) is 12.1 Å². The van der Waals surface area contributed by atoms with E-state index >= 15 is 0 Å². The van der Waals surface area contributed by atoms with Gasteiger partial charge in [-0.05, 0) is 78.2 Å². The lowest BCUT2D eigenvalue weighted by Gasteiger charge is -2.11. The van der Waals surface area contributed by atoms with Gasteiger partial charge in [-0.15, -0.1) is 0 Å². The number of nitrogens with one attached hydrogen (secondary N) is 2. The van der Waals surface area contributed by atoms with Crippen LogP contribution in [0.5, 0.6) is 0 Å². The Kier molecular flexibility index (Phi) is 6.09. The van der Waals surface area contributed by atoms with Gasteiger partial charge in [0, 0.05) is 52.0 Å². The zero-order valence-corrected chi connectivity index (χ0v) is 19.4. The van der Waals surface area contributed by atoms with Crippen molar-refractivity contribution in [2.24, 2.45) is 7.05 Å². The zero-order valence-electron chi connectivity index (χ0n) is 19.4. The van der Waals surface area contributed by atoms with Gasteiger partial charge < -0.3 is 16.4 Å². The van der Waals surface area contributed by atoms with Crippen LogP contribution in [-0.2, 0) is 13.5 Å². The van der Waals surface area contributed by atoms with Crippen molar-refractivity contribution in [3.8, 4) is 0 Å². The summed E-state index contributed by atoms with van der Waals surface area (Å²) in [5, 5.41) is 7.35. The molecule has 5 rings (SSSR count). The van der Waals surface area contributed by atoms with Gasteiger partial charge in [-0.25, -0.2) is 4.57 Å². The number of benzene rings is 3. The molecule has 0 aliphatic heterocycles. The number of pyridine rings is 2. The van der Waals surface area contributed by atoms with Gasteiger partial charge in [-0.2, -0.15) is 0 Å². The predicted molar refractivity (Wildman–Crippen MR) is 141 cm³/mol. The van der Waals surface area contributed by atoms with Crippen LogP contribution in [0, 0.1) is 0 Å². The van der Waals surface area contributed by atoms with E-state index < -0.39 is 0 Å². The number of amides is 1. The van der Waals surface area contributed by atoms with E-state index in [1.807, 2.05) is 96.8 Å². The molecule has 0 saturated carbocycles. The Bertz CT molecular complexity index is 1490. The Morgan fingerprint density at radius 2 is 1.66 bits per heavy atom. The molecule has 0 bridgehead atoms. The van der Waals surface area contributed by atoms with Gasteiger partial charge in [-0.3, -0.25) is 9.78 Å². The third kappa shape index (κ3) is 5.28. The van der Waals surface area contributed by atoms with Crippen molar-refractivity contribution in [1.82, 2.24) is 4.98 Å². The highest BCUT2D eigenvalue weighted by atomic mass is 16.1. The van der Waals surface area contributed by atoms with Gasteiger partial charge in [0.05, 0.1) is 5.52 Å². The number of nitrogens with zero attached hydrogens (tertiary/aromatic N) is 2. The van der Waals surface area contributed by atoms with Crippen molar-refractivity contribution in [3.05, 3.63) is 120 Å². The summed E-state index contributed by atoms with van der Waals surface area (Å²) >= 11 is 0. The molecule has 6 nitrogen and oxygen atoms in total. The third-order valence-electron chi connectivity index (χ3n) is 5.83. The number of anilines is 4. The van der Waals surface area contributed by atoms with Crippen LogP contribution in [0.25, 0.3) is 10.9 Å². The van der Waals surface area contributed by atoms with E-state index in [9.17, 15) is 4.79 Å². The fourth-order valence-corrected chi connectivity index (χ4v) is 3.98. The Labute approximate surface area is 204 Å². The van der Waals surface area contributed by atoms with Gasteiger partial charge >= 0.3 is 0 Å². The van der Waals surface area contributed by atoms with E-state index in [0.717, 1.165) is 39.9 Å². The summed E-state index contributed by atoms with van der Waals surface area (Å²) in [4.78, 5) is 17.3. The highest BCUT2D eigenvalue weighted by Crippen LogP contribution is 2.27. The summed E-state index contributed by atoms with van der Waals surface area (Å²) in [7, 11) is 1.99. The number of carbonyl (C=O) groups is 1. The first kappa shape index (κ1) is 22.1. The number of nitrogen functional groups attached to an aromatic ring is 1. The average molecular weight is 461 g/mol. The first-order chi connectivity index (χ1) is 17.0. The van der Waals surface area contributed by atoms with Crippen LogP contribution in [-0.4, -0.2) is 10.9 Å². The van der Waals surface area contributed by atoms with Crippen LogP contribution < -0.4 is 20.9 Å². The van der Waals surface area contributed by atoms with Crippen LogP contribution in [0.1, 0.15) is 21.5 Å². The molecule has 1 amide bonds. The Morgan fingerprint density at radius 1 is 0.886 bits per heavy atom. The first-order valence-corrected chi connectivity index (χ1v) is 11.4. The summed E-state index contributed by atoms with van der Waals surface area (Å²) in [6, 6.07) is 27.1. The summed E-state index contributed by atoms with van der Waals surface area (Å²) in [5.74, 6) is -0.136. The van der Waals surface area contributed by atoms with E-state index in [2.05, 4.69) is 27.8 Å². The molecule has 0 atom stereocenters. The van der Waals surface area contributed by atoms with Crippen LogP contribution in [0.4, 0.5) is 22.7 Å². The second kappa shape index (κ2) is 9.65. The lowest BCUT2D eigenvalue weighted by molar-refractivity contribution is -0.671. The van der Waals surface area contributed by atoms with E-state index in [0.29, 0.717) is 11.3 Å². The molecule has 2 aromatic heterocycles. The molecule has 0 saturated heterocycles. The standard InChI is InChI=1S/C29H25N5O/c1-34-15-12-20(13-16-34)17-21-3-2-4-22(18-21)29(35)33-25-8-6-24(7-9-25)32-28-11-14-31-27-10-5-23(30)19-26(27)28/h2-16,18-19H,17,30H2,1H3,(H-,31,32,33,35)/p+1. The van der Waals surface area contributed by atoms with Crippen molar-refractivity contribution in [1.29, 1.82) is 0 Å². The Hall–Kier alpha value is -4.71. The lowest BCUT2D eigenvalue weighted by Crippen LogP contribution is -2.25. The monoisotopic (exact) mass is 460 g/mol. The molecule has 0 radical (unpaired) electrons. The van der Waals surface area contributed by atoms with Crippen LogP contribution >= 0.6 is 0 Å². The van der Waals surface area contributed by atoms with Crippen molar-refractivity contribution in [2.45, 2.75) is 6.42 Å². The molecule has 6 heteroatoms. The van der Waals surface area contributed by atoms with E-state index in [1.54, 1.807) is 6.20 Å². The summed E-state index contributed by atoms with van der Waals surface area (Å²) in [6.45, 7) is 0. The molecule has 0 spiro atoms. The Balaban J connectivity index is 1.26. The highest BCUT2D eigenvalue weighted by molar-refractivity contribution is 6.04. The van der Waals surface area contributed by atoms with Gasteiger partial charge in [0.2, 0.25) is 0 Å². The molecule has 5 aromatic rings. The number of rotatable bonds is 6. The molecule has 0 aliphatic carbocycles. The number of hydrogen-bond acceptors (Lipinski definition) is 4. The molecule has 0 unspecified atom stereocenters. The van der Waals surface area contributed by atoms with Gasteiger partial charge in [0.15, 0.2) is 12.4 Å². The molecule has 4 N–H and O–H groups in total. The zero-order chi connectivity index (χ0) is 24.2. The maximum absolute atomic E-state index is 12.9. The average Bonchev–Trinajstić information content (AvgIpc) is 2.87. The summed E-state index contributed by atoms with van der Waals surface area (Å²) < 4.78 is 2.00. The highest BCUT2D eigenvalue weighted by Gasteiger charge is 2.09. The van der Waals surface area contributed by atoms with Crippen LogP contribution in [0.3, 0.4) is 0 Å². The maximum atomic E-state index is 12.9. The number of aryl methyl sites for hydroxylation is 1. The number of aromatic nitrogens is 2. The second-order valence-electron chi connectivity index (χ2n) is 8.54. The van der Waals surface area contributed by atoms with Crippen molar-refractivity contribution < 1.29 is 9.36 Å². The molecule has 0 fully saturated rings. The summed E-state index contributed by atoms with van der Waals surface area (Å²) in [5.41, 5.74) is 13.0. The molecular formula is C29H26N5O+. The number of nitrogens with two attached hydrogens (primary N) is 1. The lowest BCUT2D eigenvalue weighted by atomic mass is 10.0. The molecule has 172 valence electrons. The second-order valence-corrected chi connectivity index (χ2v) is 8.54. The first-order valence-electron chi connectivity index (χ1n) is 11.4. The van der Waals surface area contributed by atoms with E-state index in [4.69, 9.17) is 5.73 Å². The maximum Gasteiger partial charge on any atom is 0.255 e. The number of hydrogen-bond donors (Lipinski definition) is 3. The molecule has 2 heterocycles. The molecule has 0 aliphatic rings. The van der Waals surface area contributed by atoms with Crippen LogP contribution in [0.2, 0.25) is 0 Å². The normalized spacial score (nSPS) is 10.8. The van der Waals surface area contributed by atoms with Crippen molar-refractivity contribution >= 4 is 39.6 Å². The third-order valence-corrected chi connectivity index (χ3v) is 5.83. The number of carbonyl (C=O) groups excluding carboxylic acids is 1. The fourth-order valence-electron chi connectivity index (χ4n) is 3.98. The Morgan fingerprint density at radius 3 is 2.46 bits per heavy atom. The van der Waals surface area contributed by atoms with Crippen molar-refractivity contribution in [3.63, 3.8) is 0 Å². The van der Waals surface area contributed by atoms with E-state index in [-0.39, 0.29) is 5.91 Å². The van der Waals surface area contributed by atoms with Crippen molar-refractivity contribution in [2.75, 3.05) is 16.4 Å². The van der Waals surface area contributed by atoms with E-state index in [1.165, 1.54) is 5.56 Å². The van der Waals surface area contributed by atoms with Crippen LogP contribution in [0.15, 0.2) is 104 Å².